The lowest BCUT2D eigenvalue weighted by molar-refractivity contribution is -0.142. The molecule has 2 atom stereocenters. The SMILES string of the molecule is CC(C)NC(=O)N1CCN(C(=O)CSCC(=O)O)[C@@H](C(=O)N[C@H]2CCCNC2=O)C1. The first kappa shape index (κ1) is 23.8. The molecular weight excluding hydrogens is 414 g/mol. The smallest absolute Gasteiger partial charge is 0.317 e. The molecule has 4 N–H and O–H groups in total. The highest BCUT2D eigenvalue weighted by Crippen LogP contribution is 2.15. The second-order valence-electron chi connectivity index (χ2n) is 7.53. The Kier molecular flexibility index (Phi) is 8.75. The number of aliphatic carboxylic acids is 1. The van der Waals surface area contributed by atoms with Gasteiger partial charge in [0.05, 0.1) is 18.1 Å². The van der Waals surface area contributed by atoms with Crippen molar-refractivity contribution >= 4 is 41.5 Å². The molecule has 0 aliphatic carbocycles. The summed E-state index contributed by atoms with van der Waals surface area (Å²) in [6, 6.07) is -2.04. The fourth-order valence-corrected chi connectivity index (χ4v) is 3.93. The summed E-state index contributed by atoms with van der Waals surface area (Å²) in [5.74, 6) is -2.48. The van der Waals surface area contributed by atoms with Crippen LogP contribution in [0, 0.1) is 0 Å². The number of nitrogens with one attached hydrogen (secondary N) is 3. The fourth-order valence-electron chi connectivity index (χ4n) is 3.31. The highest BCUT2D eigenvalue weighted by atomic mass is 32.2. The van der Waals surface area contributed by atoms with Crippen molar-refractivity contribution in [2.24, 2.45) is 0 Å². The van der Waals surface area contributed by atoms with Gasteiger partial charge in [-0.15, -0.1) is 11.8 Å². The van der Waals surface area contributed by atoms with Crippen LogP contribution in [0.4, 0.5) is 4.79 Å². The summed E-state index contributed by atoms with van der Waals surface area (Å²) in [6.45, 7) is 4.60. The number of carbonyl (C=O) groups is 5. The van der Waals surface area contributed by atoms with Crippen LogP contribution in [0.25, 0.3) is 0 Å². The van der Waals surface area contributed by atoms with Gasteiger partial charge in [0.2, 0.25) is 17.7 Å². The van der Waals surface area contributed by atoms with Crippen molar-refractivity contribution < 1.29 is 29.1 Å². The molecule has 2 saturated heterocycles. The average molecular weight is 444 g/mol. The van der Waals surface area contributed by atoms with Crippen molar-refractivity contribution in [2.75, 3.05) is 37.7 Å². The molecule has 0 spiro atoms. The third kappa shape index (κ3) is 6.78. The van der Waals surface area contributed by atoms with Crippen molar-refractivity contribution in [3.8, 4) is 0 Å². The number of carboxylic acid groups (broad SMARTS) is 1. The highest BCUT2D eigenvalue weighted by molar-refractivity contribution is 8.00. The summed E-state index contributed by atoms with van der Waals surface area (Å²) in [4.78, 5) is 63.5. The molecule has 12 heteroatoms. The van der Waals surface area contributed by atoms with E-state index < -0.39 is 24.0 Å². The predicted molar refractivity (Wildman–Crippen MR) is 110 cm³/mol. The summed E-state index contributed by atoms with van der Waals surface area (Å²) in [6.07, 6.45) is 1.24. The Balaban J connectivity index is 2.09. The second kappa shape index (κ2) is 11.0. The molecule has 168 valence electrons. The van der Waals surface area contributed by atoms with Crippen LogP contribution in [0.3, 0.4) is 0 Å². The number of hydrogen-bond donors (Lipinski definition) is 4. The van der Waals surface area contributed by atoms with Crippen LogP contribution in [-0.2, 0) is 19.2 Å². The number of carboxylic acids is 1. The molecule has 11 nitrogen and oxygen atoms in total. The van der Waals surface area contributed by atoms with Gasteiger partial charge in [0.25, 0.3) is 0 Å². The van der Waals surface area contributed by atoms with Crippen LogP contribution in [0.15, 0.2) is 0 Å². The van der Waals surface area contributed by atoms with Crippen molar-refractivity contribution in [1.29, 1.82) is 0 Å². The minimum absolute atomic E-state index is 0.00589. The van der Waals surface area contributed by atoms with Crippen molar-refractivity contribution in [1.82, 2.24) is 25.8 Å². The van der Waals surface area contributed by atoms with E-state index in [9.17, 15) is 24.0 Å². The molecule has 5 amide bonds. The molecule has 0 aromatic heterocycles. The first-order valence-corrected chi connectivity index (χ1v) is 11.1. The summed E-state index contributed by atoms with van der Waals surface area (Å²) < 4.78 is 0. The van der Waals surface area contributed by atoms with Gasteiger partial charge >= 0.3 is 12.0 Å². The van der Waals surface area contributed by atoms with E-state index in [0.29, 0.717) is 13.0 Å². The Morgan fingerprint density at radius 1 is 1.23 bits per heavy atom. The summed E-state index contributed by atoms with van der Waals surface area (Å²) >= 11 is 0.949. The molecule has 0 radical (unpaired) electrons. The number of rotatable bonds is 7. The van der Waals surface area contributed by atoms with E-state index in [0.717, 1.165) is 18.2 Å². The zero-order valence-electron chi connectivity index (χ0n) is 17.2. The molecule has 2 heterocycles. The van der Waals surface area contributed by atoms with E-state index in [1.807, 2.05) is 13.8 Å². The Morgan fingerprint density at radius 2 is 1.97 bits per heavy atom. The third-order valence-electron chi connectivity index (χ3n) is 4.76. The van der Waals surface area contributed by atoms with Crippen LogP contribution in [0.1, 0.15) is 26.7 Å². The monoisotopic (exact) mass is 443 g/mol. The molecule has 0 aromatic rings. The zero-order chi connectivity index (χ0) is 22.3. The molecule has 30 heavy (non-hydrogen) atoms. The lowest BCUT2D eigenvalue weighted by Gasteiger charge is -2.41. The Bertz CT molecular complexity index is 688. The van der Waals surface area contributed by atoms with Crippen LogP contribution in [0.2, 0.25) is 0 Å². The van der Waals surface area contributed by atoms with Crippen molar-refractivity contribution in [3.63, 3.8) is 0 Å². The largest absolute Gasteiger partial charge is 0.481 e. The van der Waals surface area contributed by atoms with Crippen molar-refractivity contribution in [3.05, 3.63) is 0 Å². The van der Waals surface area contributed by atoms with Gasteiger partial charge in [-0.1, -0.05) is 0 Å². The third-order valence-corrected chi connectivity index (χ3v) is 5.66. The van der Waals surface area contributed by atoms with Gasteiger partial charge < -0.3 is 30.9 Å². The summed E-state index contributed by atoms with van der Waals surface area (Å²) in [7, 11) is 0. The van der Waals surface area contributed by atoms with Gasteiger partial charge in [-0.25, -0.2) is 4.79 Å². The fraction of sp³-hybridized carbons (Fsp3) is 0.722. The van der Waals surface area contributed by atoms with Crippen LogP contribution >= 0.6 is 11.8 Å². The molecule has 2 aliphatic rings. The van der Waals surface area contributed by atoms with E-state index in [4.69, 9.17) is 5.11 Å². The number of carbonyl (C=O) groups excluding carboxylic acids is 4. The first-order chi connectivity index (χ1) is 14.2. The van der Waals surface area contributed by atoms with Crippen molar-refractivity contribution in [2.45, 2.75) is 44.8 Å². The Hall–Kier alpha value is -2.50. The summed E-state index contributed by atoms with van der Waals surface area (Å²) in [5, 5.41) is 16.9. The van der Waals surface area contributed by atoms with Gasteiger partial charge in [0.1, 0.15) is 12.1 Å². The quantitative estimate of drug-likeness (QED) is 0.387. The first-order valence-electron chi connectivity index (χ1n) is 9.91. The molecule has 2 aliphatic heterocycles. The van der Waals surface area contributed by atoms with Gasteiger partial charge in [-0.3, -0.25) is 19.2 Å². The van der Waals surface area contributed by atoms with Gasteiger partial charge in [-0.2, -0.15) is 0 Å². The number of nitrogens with zero attached hydrogens (tertiary/aromatic N) is 2. The van der Waals surface area contributed by atoms with Gasteiger partial charge in [-0.05, 0) is 26.7 Å². The Morgan fingerprint density at radius 3 is 2.60 bits per heavy atom. The average Bonchev–Trinajstić information content (AvgIpc) is 2.68. The van der Waals surface area contributed by atoms with Crippen LogP contribution < -0.4 is 16.0 Å². The number of thioether (sulfide) groups is 1. The summed E-state index contributed by atoms with van der Waals surface area (Å²) in [5.41, 5.74) is 0. The van der Waals surface area contributed by atoms with E-state index in [1.165, 1.54) is 9.80 Å². The number of piperidine rings is 1. The number of hydrogen-bond acceptors (Lipinski definition) is 6. The number of amides is 5. The van der Waals surface area contributed by atoms with Gasteiger partial charge in [0.15, 0.2) is 0 Å². The standard InChI is InChI=1S/C18H29N5O6S/c1-11(2)20-18(29)22-6-7-23(14(24)9-30-10-15(25)26)13(8-22)17(28)21-12-4-3-5-19-16(12)27/h11-13H,3-10H2,1-2H3,(H,19,27)(H,20,29)(H,21,28)(H,25,26)/t12-,13+/m0/s1. The molecular formula is C18H29N5O6S. The second-order valence-corrected chi connectivity index (χ2v) is 8.52. The number of piperazine rings is 1. The molecule has 0 unspecified atom stereocenters. The maximum Gasteiger partial charge on any atom is 0.317 e. The molecule has 2 rings (SSSR count). The van der Waals surface area contributed by atoms with E-state index >= 15 is 0 Å². The molecule has 0 saturated carbocycles. The van der Waals surface area contributed by atoms with Crippen LogP contribution in [-0.4, -0.2) is 100 Å². The lowest BCUT2D eigenvalue weighted by atomic mass is 10.1. The normalized spacial score (nSPS) is 21.8. The topological polar surface area (TPSA) is 148 Å². The van der Waals surface area contributed by atoms with Crippen LogP contribution in [0.5, 0.6) is 0 Å². The maximum atomic E-state index is 13.0. The minimum atomic E-state index is -1.03. The molecule has 0 bridgehead atoms. The maximum absolute atomic E-state index is 13.0. The number of urea groups is 1. The molecule has 2 fully saturated rings. The van der Waals surface area contributed by atoms with Gasteiger partial charge in [0, 0.05) is 25.7 Å². The predicted octanol–water partition coefficient (Wildman–Crippen LogP) is -1.17. The highest BCUT2D eigenvalue weighted by Gasteiger charge is 2.38. The van der Waals surface area contributed by atoms with E-state index in [2.05, 4.69) is 16.0 Å². The van der Waals surface area contributed by atoms with E-state index in [-0.39, 0.29) is 55.0 Å². The minimum Gasteiger partial charge on any atom is -0.481 e. The molecule has 0 aromatic carbocycles. The zero-order valence-corrected chi connectivity index (χ0v) is 18.0. The van der Waals surface area contributed by atoms with E-state index in [1.54, 1.807) is 0 Å². The lowest BCUT2D eigenvalue weighted by Crippen LogP contribution is -2.65. The Labute approximate surface area is 179 Å².